The molecular weight excluding hydrogens is 743 g/mol. The predicted octanol–water partition coefficient (Wildman–Crippen LogP) is 15.1. The lowest BCUT2D eigenvalue weighted by Crippen LogP contribution is -2.53. The molecule has 4 unspecified atom stereocenters. The van der Waals surface area contributed by atoms with E-state index in [9.17, 15) is 25.2 Å². The standard InChI is InChI=1S/C54H105NO5/c1-3-5-7-9-11-13-15-17-19-21-22-23-24-25-26-27-28-29-30-31-32-34-36-38-40-42-44-46-48-52(58)54(60)55-50(49-56)53(59)51(57)47-45-43-41-39-37-35-33-20-18-16-14-12-10-8-6-4-2/h25-26,39,41,50-53,56-59H,3-24,27-38,40,42-49H2,1-2H3,(H,55,60)/b26-25-,41-39+. The molecule has 0 aliphatic heterocycles. The van der Waals surface area contributed by atoms with E-state index in [1.54, 1.807) is 0 Å². The molecule has 5 N–H and O–H groups in total. The third-order valence-electron chi connectivity index (χ3n) is 12.6. The molecule has 0 aromatic rings. The first-order chi connectivity index (χ1) is 29.5. The van der Waals surface area contributed by atoms with Gasteiger partial charge in [0.15, 0.2) is 0 Å². The van der Waals surface area contributed by atoms with Gasteiger partial charge < -0.3 is 25.7 Å². The Labute approximate surface area is 374 Å². The van der Waals surface area contributed by atoms with Crippen LogP contribution in [0.3, 0.4) is 0 Å². The minimum atomic E-state index is -1.28. The van der Waals surface area contributed by atoms with Crippen molar-refractivity contribution >= 4 is 5.91 Å². The molecule has 0 bridgehead atoms. The number of carbonyl (C=O) groups excluding carboxylic acids is 1. The van der Waals surface area contributed by atoms with Gasteiger partial charge in [-0.05, 0) is 64.2 Å². The molecular formula is C54H105NO5. The van der Waals surface area contributed by atoms with Crippen LogP contribution in [0.5, 0.6) is 0 Å². The third-order valence-corrected chi connectivity index (χ3v) is 12.6. The van der Waals surface area contributed by atoms with Crippen molar-refractivity contribution in [3.8, 4) is 0 Å². The Bertz CT molecular complexity index is 909. The second-order valence-corrected chi connectivity index (χ2v) is 18.6. The van der Waals surface area contributed by atoms with Gasteiger partial charge in [0.25, 0.3) is 0 Å². The summed E-state index contributed by atoms with van der Waals surface area (Å²) in [5.41, 5.74) is 0. The molecule has 4 atom stereocenters. The molecule has 0 aromatic carbocycles. The molecule has 60 heavy (non-hydrogen) atoms. The average molecular weight is 848 g/mol. The van der Waals surface area contributed by atoms with Gasteiger partial charge >= 0.3 is 0 Å². The number of allylic oxidation sites excluding steroid dienone is 4. The SMILES string of the molecule is CCCCCCCCCCCCC/C=C/CCCC(O)C(O)C(CO)NC(=O)C(O)CCCCCCCCCCCCCC/C=C\CCCCCCCCCCCCCC. The van der Waals surface area contributed by atoms with Crippen LogP contribution in [0.15, 0.2) is 24.3 Å². The molecule has 0 aromatic heterocycles. The van der Waals surface area contributed by atoms with E-state index in [1.165, 1.54) is 218 Å². The highest BCUT2D eigenvalue weighted by Crippen LogP contribution is 2.17. The van der Waals surface area contributed by atoms with E-state index in [2.05, 4.69) is 43.5 Å². The molecule has 6 heteroatoms. The molecule has 0 aliphatic carbocycles. The molecule has 0 radical (unpaired) electrons. The predicted molar refractivity (Wildman–Crippen MR) is 261 cm³/mol. The summed E-state index contributed by atoms with van der Waals surface area (Å²) in [6.07, 6.45) is 58.1. The highest BCUT2D eigenvalue weighted by atomic mass is 16.3. The highest BCUT2D eigenvalue weighted by molar-refractivity contribution is 5.80. The first-order valence-electron chi connectivity index (χ1n) is 26.7. The van der Waals surface area contributed by atoms with Gasteiger partial charge in [0.05, 0.1) is 18.8 Å². The summed E-state index contributed by atoms with van der Waals surface area (Å²) in [6, 6.07) is -1.00. The van der Waals surface area contributed by atoms with Crippen LogP contribution in [0.1, 0.15) is 284 Å². The number of nitrogens with one attached hydrogen (secondary N) is 1. The van der Waals surface area contributed by atoms with E-state index in [0.717, 1.165) is 38.5 Å². The quantitative estimate of drug-likeness (QED) is 0.0309. The Morgan fingerprint density at radius 3 is 1.00 bits per heavy atom. The molecule has 0 saturated carbocycles. The van der Waals surface area contributed by atoms with Crippen molar-refractivity contribution in [2.75, 3.05) is 6.61 Å². The molecule has 0 spiro atoms. The first kappa shape index (κ1) is 58.8. The van der Waals surface area contributed by atoms with Gasteiger partial charge in [0, 0.05) is 0 Å². The van der Waals surface area contributed by atoms with Crippen molar-refractivity contribution in [3.63, 3.8) is 0 Å². The van der Waals surface area contributed by atoms with Crippen LogP contribution in [0.4, 0.5) is 0 Å². The van der Waals surface area contributed by atoms with E-state index >= 15 is 0 Å². The van der Waals surface area contributed by atoms with Crippen LogP contribution < -0.4 is 5.32 Å². The van der Waals surface area contributed by atoms with Gasteiger partial charge in [-0.3, -0.25) is 4.79 Å². The summed E-state index contributed by atoms with van der Waals surface area (Å²) in [6.45, 7) is 4.06. The minimum absolute atomic E-state index is 0.364. The van der Waals surface area contributed by atoms with Crippen molar-refractivity contribution in [1.82, 2.24) is 5.32 Å². The Balaban J connectivity index is 3.63. The van der Waals surface area contributed by atoms with Gasteiger partial charge in [-0.2, -0.15) is 0 Å². The summed E-state index contributed by atoms with van der Waals surface area (Å²) >= 11 is 0. The van der Waals surface area contributed by atoms with Gasteiger partial charge in [-0.25, -0.2) is 0 Å². The fourth-order valence-corrected chi connectivity index (χ4v) is 8.40. The summed E-state index contributed by atoms with van der Waals surface area (Å²) in [7, 11) is 0. The summed E-state index contributed by atoms with van der Waals surface area (Å²) in [5, 5.41) is 43.8. The molecule has 0 heterocycles. The number of aliphatic hydroxyl groups excluding tert-OH is 4. The van der Waals surface area contributed by atoms with Crippen LogP contribution in [0.2, 0.25) is 0 Å². The third kappa shape index (κ3) is 42.1. The monoisotopic (exact) mass is 848 g/mol. The van der Waals surface area contributed by atoms with Crippen LogP contribution in [-0.2, 0) is 4.79 Å². The molecule has 0 aliphatic rings. The maximum absolute atomic E-state index is 12.6. The second-order valence-electron chi connectivity index (χ2n) is 18.6. The molecule has 0 fully saturated rings. The van der Waals surface area contributed by atoms with E-state index in [-0.39, 0.29) is 0 Å². The van der Waals surface area contributed by atoms with Gasteiger partial charge in [-0.15, -0.1) is 0 Å². The number of amides is 1. The van der Waals surface area contributed by atoms with E-state index < -0.39 is 36.9 Å². The number of aliphatic hydroxyl groups is 4. The number of hydrogen-bond acceptors (Lipinski definition) is 5. The lowest BCUT2D eigenvalue weighted by atomic mass is 10.00. The lowest BCUT2D eigenvalue weighted by Gasteiger charge is -2.27. The van der Waals surface area contributed by atoms with E-state index in [1.807, 2.05) is 0 Å². The van der Waals surface area contributed by atoms with Crippen LogP contribution in [0, 0.1) is 0 Å². The van der Waals surface area contributed by atoms with Crippen LogP contribution in [0.25, 0.3) is 0 Å². The minimum Gasteiger partial charge on any atom is -0.394 e. The van der Waals surface area contributed by atoms with Gasteiger partial charge in [0.1, 0.15) is 12.2 Å². The molecule has 6 nitrogen and oxygen atoms in total. The fourth-order valence-electron chi connectivity index (χ4n) is 8.40. The van der Waals surface area contributed by atoms with E-state index in [4.69, 9.17) is 0 Å². The smallest absolute Gasteiger partial charge is 0.249 e. The number of unbranched alkanes of at least 4 members (excludes halogenated alkanes) is 36. The highest BCUT2D eigenvalue weighted by Gasteiger charge is 2.28. The van der Waals surface area contributed by atoms with Crippen LogP contribution >= 0.6 is 0 Å². The Kier molecular flexibility index (Phi) is 47.8. The topological polar surface area (TPSA) is 110 Å². The summed E-state index contributed by atoms with van der Waals surface area (Å²) < 4.78 is 0. The second kappa shape index (κ2) is 48.8. The Morgan fingerprint density at radius 1 is 0.400 bits per heavy atom. The van der Waals surface area contributed by atoms with Crippen molar-refractivity contribution in [1.29, 1.82) is 0 Å². The molecule has 0 saturated heterocycles. The first-order valence-corrected chi connectivity index (χ1v) is 26.7. The maximum Gasteiger partial charge on any atom is 0.249 e. The van der Waals surface area contributed by atoms with Crippen molar-refractivity contribution in [3.05, 3.63) is 24.3 Å². The largest absolute Gasteiger partial charge is 0.394 e. The zero-order valence-corrected chi connectivity index (χ0v) is 40.2. The lowest BCUT2D eigenvalue weighted by molar-refractivity contribution is -0.132. The van der Waals surface area contributed by atoms with Crippen molar-refractivity contribution in [2.24, 2.45) is 0 Å². The molecule has 1 amide bonds. The van der Waals surface area contributed by atoms with Gasteiger partial charge in [-0.1, -0.05) is 244 Å². The number of carbonyl (C=O) groups is 1. The summed E-state index contributed by atoms with van der Waals surface area (Å²) in [4.78, 5) is 12.6. The Hall–Kier alpha value is -1.21. The maximum atomic E-state index is 12.6. The van der Waals surface area contributed by atoms with Gasteiger partial charge in [0.2, 0.25) is 5.91 Å². The zero-order chi connectivity index (χ0) is 43.8. The fraction of sp³-hybridized carbons (Fsp3) is 0.907. The number of hydrogen-bond donors (Lipinski definition) is 5. The Morgan fingerprint density at radius 2 is 0.683 bits per heavy atom. The normalized spacial score (nSPS) is 14.0. The summed E-state index contributed by atoms with van der Waals surface area (Å²) in [5.74, 6) is -0.591. The zero-order valence-electron chi connectivity index (χ0n) is 40.2. The average Bonchev–Trinajstić information content (AvgIpc) is 3.25. The number of rotatable bonds is 49. The molecule has 0 rings (SSSR count). The molecule has 356 valence electrons. The van der Waals surface area contributed by atoms with Crippen molar-refractivity contribution < 1.29 is 25.2 Å². The van der Waals surface area contributed by atoms with Crippen molar-refractivity contribution in [2.45, 2.75) is 308 Å². The van der Waals surface area contributed by atoms with Crippen LogP contribution in [-0.4, -0.2) is 57.3 Å². The van der Waals surface area contributed by atoms with E-state index in [0.29, 0.717) is 12.8 Å².